The average molecular weight is 362 g/mol. The first-order valence-electron chi connectivity index (χ1n) is 9.40. The fourth-order valence-corrected chi connectivity index (χ4v) is 4.40. The summed E-state index contributed by atoms with van der Waals surface area (Å²) >= 11 is 0. The smallest absolute Gasteiger partial charge is 0.223 e. The molecule has 27 heavy (non-hydrogen) atoms. The number of carbonyl (C=O) groups excluding carboxylic acids is 1. The number of rotatable bonds is 3. The predicted molar refractivity (Wildman–Crippen MR) is 109 cm³/mol. The number of benzene rings is 2. The van der Waals surface area contributed by atoms with Gasteiger partial charge >= 0.3 is 0 Å². The van der Waals surface area contributed by atoms with E-state index in [4.69, 9.17) is 4.74 Å². The molecule has 2 aromatic carbocycles. The van der Waals surface area contributed by atoms with Crippen LogP contribution in [0.3, 0.4) is 0 Å². The van der Waals surface area contributed by atoms with Crippen molar-refractivity contribution >= 4 is 17.7 Å². The Kier molecular flexibility index (Phi) is 4.02. The highest BCUT2D eigenvalue weighted by molar-refractivity contribution is 5.84. The number of carbonyl (C=O) groups is 1. The van der Waals surface area contributed by atoms with E-state index in [1.54, 1.807) is 7.11 Å². The van der Waals surface area contributed by atoms with Crippen molar-refractivity contribution < 1.29 is 9.53 Å². The SMILES string of the molecule is COc1ccc(/C=C/[C@@]23NC(=O)CCN2c2ccc(C)cc2C3(C)C)cc1. The molecule has 1 atom stereocenters. The summed E-state index contributed by atoms with van der Waals surface area (Å²) in [6.45, 7) is 7.27. The number of ether oxygens (including phenoxy) is 1. The molecular weight excluding hydrogens is 336 g/mol. The van der Waals surface area contributed by atoms with E-state index < -0.39 is 5.66 Å². The van der Waals surface area contributed by atoms with Crippen molar-refractivity contribution in [2.45, 2.75) is 38.3 Å². The fraction of sp³-hybridized carbons (Fsp3) is 0.348. The molecule has 0 unspecified atom stereocenters. The van der Waals surface area contributed by atoms with Gasteiger partial charge in [-0.25, -0.2) is 0 Å². The molecule has 2 aliphatic rings. The van der Waals surface area contributed by atoms with Crippen LogP contribution >= 0.6 is 0 Å². The van der Waals surface area contributed by atoms with Gasteiger partial charge in [-0.05, 0) is 42.3 Å². The Morgan fingerprint density at radius 1 is 1.15 bits per heavy atom. The predicted octanol–water partition coefficient (Wildman–Crippen LogP) is 4.03. The second kappa shape index (κ2) is 6.15. The normalized spacial score (nSPS) is 23.1. The van der Waals surface area contributed by atoms with Crippen molar-refractivity contribution in [3.63, 3.8) is 0 Å². The summed E-state index contributed by atoms with van der Waals surface area (Å²) in [5.41, 5.74) is 3.98. The molecule has 140 valence electrons. The molecule has 1 N–H and O–H groups in total. The van der Waals surface area contributed by atoms with Crippen molar-refractivity contribution in [1.29, 1.82) is 0 Å². The third kappa shape index (κ3) is 2.62. The van der Waals surface area contributed by atoms with Gasteiger partial charge in [0.25, 0.3) is 0 Å². The van der Waals surface area contributed by atoms with Crippen LogP contribution in [0.1, 0.15) is 37.0 Å². The summed E-state index contributed by atoms with van der Waals surface area (Å²) in [4.78, 5) is 14.8. The van der Waals surface area contributed by atoms with Crippen LogP contribution in [-0.4, -0.2) is 25.2 Å². The number of hydrogen-bond acceptors (Lipinski definition) is 3. The monoisotopic (exact) mass is 362 g/mol. The lowest BCUT2D eigenvalue weighted by Crippen LogP contribution is -2.68. The molecule has 0 aromatic heterocycles. The van der Waals surface area contributed by atoms with Crippen LogP contribution in [0.5, 0.6) is 5.75 Å². The maximum atomic E-state index is 12.4. The van der Waals surface area contributed by atoms with Crippen molar-refractivity contribution in [2.24, 2.45) is 0 Å². The summed E-state index contributed by atoms with van der Waals surface area (Å²) in [6, 6.07) is 14.5. The summed E-state index contributed by atoms with van der Waals surface area (Å²) in [5, 5.41) is 3.32. The van der Waals surface area contributed by atoms with Gasteiger partial charge in [0.15, 0.2) is 0 Å². The zero-order chi connectivity index (χ0) is 19.2. The molecule has 2 heterocycles. The van der Waals surface area contributed by atoms with Gasteiger partial charge in [0, 0.05) is 24.1 Å². The van der Waals surface area contributed by atoms with E-state index >= 15 is 0 Å². The van der Waals surface area contributed by atoms with Crippen molar-refractivity contribution in [3.8, 4) is 5.75 Å². The average Bonchev–Trinajstić information content (AvgIpc) is 2.84. The number of amides is 1. The highest BCUT2D eigenvalue weighted by Gasteiger charge is 2.57. The van der Waals surface area contributed by atoms with Crippen LogP contribution in [0.4, 0.5) is 5.69 Å². The number of nitrogens with one attached hydrogen (secondary N) is 1. The van der Waals surface area contributed by atoms with Crippen LogP contribution in [0.15, 0.2) is 48.5 Å². The number of methoxy groups -OCH3 is 1. The topological polar surface area (TPSA) is 41.6 Å². The molecule has 0 saturated carbocycles. The maximum absolute atomic E-state index is 12.4. The van der Waals surface area contributed by atoms with Crippen LogP contribution in [0.25, 0.3) is 6.08 Å². The summed E-state index contributed by atoms with van der Waals surface area (Å²) in [5.74, 6) is 0.935. The molecule has 2 aromatic rings. The molecule has 0 bridgehead atoms. The van der Waals surface area contributed by atoms with E-state index in [-0.39, 0.29) is 11.3 Å². The second-order valence-corrected chi connectivity index (χ2v) is 7.97. The molecule has 1 fully saturated rings. The van der Waals surface area contributed by atoms with E-state index in [2.05, 4.69) is 61.3 Å². The Labute approximate surface area is 160 Å². The molecule has 0 aliphatic carbocycles. The van der Waals surface area contributed by atoms with E-state index in [0.29, 0.717) is 6.42 Å². The minimum atomic E-state index is -0.571. The molecule has 4 nitrogen and oxygen atoms in total. The molecule has 0 spiro atoms. The zero-order valence-corrected chi connectivity index (χ0v) is 16.4. The minimum absolute atomic E-state index is 0.100. The van der Waals surface area contributed by atoms with Gasteiger partial charge in [0.05, 0.1) is 7.11 Å². The molecule has 2 aliphatic heterocycles. The largest absolute Gasteiger partial charge is 0.497 e. The van der Waals surface area contributed by atoms with Gasteiger partial charge in [-0.15, -0.1) is 0 Å². The van der Waals surface area contributed by atoms with Crippen LogP contribution in [0, 0.1) is 6.92 Å². The summed E-state index contributed by atoms with van der Waals surface area (Å²) < 4.78 is 5.24. The maximum Gasteiger partial charge on any atom is 0.223 e. The first-order chi connectivity index (χ1) is 12.9. The van der Waals surface area contributed by atoms with E-state index in [0.717, 1.165) is 17.9 Å². The van der Waals surface area contributed by atoms with Gasteiger partial charge in [0.2, 0.25) is 5.91 Å². The lowest BCUT2D eigenvalue weighted by molar-refractivity contribution is -0.124. The van der Waals surface area contributed by atoms with Gasteiger partial charge in [-0.1, -0.05) is 49.8 Å². The molecule has 1 saturated heterocycles. The molecule has 4 heteroatoms. The fourth-order valence-electron chi connectivity index (χ4n) is 4.40. The standard InChI is InChI=1S/C23H26N2O2/c1-16-5-10-20-19(15-16)22(2,3)23(24-21(26)12-14-25(20)23)13-11-17-6-8-18(27-4)9-7-17/h5-11,13,15H,12,14H2,1-4H3,(H,24,26)/b13-11+/t23-/m1/s1. The highest BCUT2D eigenvalue weighted by atomic mass is 16.5. The third-order valence-electron chi connectivity index (χ3n) is 6.02. The number of anilines is 1. The lowest BCUT2D eigenvalue weighted by atomic mass is 9.74. The van der Waals surface area contributed by atoms with Crippen LogP contribution < -0.4 is 15.0 Å². The van der Waals surface area contributed by atoms with Crippen LogP contribution in [0.2, 0.25) is 0 Å². The van der Waals surface area contributed by atoms with E-state index in [9.17, 15) is 4.79 Å². The van der Waals surface area contributed by atoms with Crippen molar-refractivity contribution in [3.05, 3.63) is 65.2 Å². The molecule has 0 radical (unpaired) electrons. The summed E-state index contributed by atoms with van der Waals surface area (Å²) in [7, 11) is 1.67. The Bertz CT molecular complexity index is 914. The molecule has 1 amide bonds. The third-order valence-corrected chi connectivity index (χ3v) is 6.02. The zero-order valence-electron chi connectivity index (χ0n) is 16.4. The number of fused-ring (bicyclic) bond motifs is 3. The Morgan fingerprint density at radius 2 is 1.89 bits per heavy atom. The molecule has 4 rings (SSSR count). The highest BCUT2D eigenvalue weighted by Crippen LogP contribution is 2.52. The van der Waals surface area contributed by atoms with Crippen molar-refractivity contribution in [1.82, 2.24) is 5.32 Å². The first kappa shape index (κ1) is 17.7. The Morgan fingerprint density at radius 3 is 2.59 bits per heavy atom. The van der Waals surface area contributed by atoms with Gasteiger partial charge in [0.1, 0.15) is 11.4 Å². The van der Waals surface area contributed by atoms with E-state index in [1.165, 1.54) is 16.8 Å². The minimum Gasteiger partial charge on any atom is -0.497 e. The lowest BCUT2D eigenvalue weighted by Gasteiger charge is -2.49. The van der Waals surface area contributed by atoms with E-state index in [1.807, 2.05) is 24.3 Å². The first-order valence-corrected chi connectivity index (χ1v) is 9.40. The number of nitrogens with zero attached hydrogens (tertiary/aromatic N) is 1. The van der Waals surface area contributed by atoms with Gasteiger partial charge < -0.3 is 15.0 Å². The van der Waals surface area contributed by atoms with Crippen molar-refractivity contribution in [2.75, 3.05) is 18.6 Å². The number of hydrogen-bond donors (Lipinski definition) is 1. The second-order valence-electron chi connectivity index (χ2n) is 7.97. The Hall–Kier alpha value is -2.75. The summed E-state index contributed by atoms with van der Waals surface area (Å²) in [6.07, 6.45) is 4.77. The van der Waals surface area contributed by atoms with Gasteiger partial charge in [-0.2, -0.15) is 0 Å². The van der Waals surface area contributed by atoms with Gasteiger partial charge in [-0.3, -0.25) is 4.79 Å². The molecular formula is C23H26N2O2. The van der Waals surface area contributed by atoms with Crippen LogP contribution in [-0.2, 0) is 10.2 Å². The quantitative estimate of drug-likeness (QED) is 0.896. The Balaban J connectivity index is 1.81. The number of aryl methyl sites for hydroxylation is 1.